The summed E-state index contributed by atoms with van der Waals surface area (Å²) in [5.74, 6) is 0.119. The molecule has 0 atom stereocenters. The molecule has 0 saturated carbocycles. The van der Waals surface area contributed by atoms with Gasteiger partial charge in [0.25, 0.3) is 5.91 Å². The highest BCUT2D eigenvalue weighted by atomic mass is 32.1. The van der Waals surface area contributed by atoms with Crippen LogP contribution in [0.25, 0.3) is 10.2 Å². The van der Waals surface area contributed by atoms with Crippen LogP contribution in [0.1, 0.15) is 26.3 Å². The van der Waals surface area contributed by atoms with Gasteiger partial charge in [-0.05, 0) is 23.6 Å². The molecule has 0 unspecified atom stereocenters. The van der Waals surface area contributed by atoms with Crippen molar-refractivity contribution in [2.75, 3.05) is 5.32 Å². The highest BCUT2D eigenvalue weighted by Crippen LogP contribution is 2.24. The predicted octanol–water partition coefficient (Wildman–Crippen LogP) is 4.17. The van der Waals surface area contributed by atoms with Crippen LogP contribution in [0.3, 0.4) is 0 Å². The van der Waals surface area contributed by atoms with Crippen LogP contribution in [-0.2, 0) is 0 Å². The average Bonchev–Trinajstić information content (AvgIpc) is 3.18. The molecule has 0 aliphatic heterocycles. The summed E-state index contributed by atoms with van der Waals surface area (Å²) < 4.78 is 0. The highest BCUT2D eigenvalue weighted by molar-refractivity contribution is 7.16. The van der Waals surface area contributed by atoms with Crippen molar-refractivity contribution in [3.8, 4) is 0 Å². The number of benzene rings is 2. The monoisotopic (exact) mass is 359 g/mol. The maximum Gasteiger partial charge on any atom is 0.256 e. The summed E-state index contributed by atoms with van der Waals surface area (Å²) in [6.07, 6.45) is 1.43. The molecule has 6 heteroatoms. The minimum Gasteiger partial charge on any atom is -0.306 e. The van der Waals surface area contributed by atoms with Crippen LogP contribution in [-0.4, -0.2) is 21.7 Å². The summed E-state index contributed by atoms with van der Waals surface area (Å²) in [5.41, 5.74) is 1.61. The number of aromatic nitrogens is 2. The van der Waals surface area contributed by atoms with Crippen molar-refractivity contribution in [3.63, 3.8) is 0 Å². The molecule has 2 heterocycles. The van der Waals surface area contributed by atoms with Crippen LogP contribution in [0, 0.1) is 0 Å². The maximum absolute atomic E-state index is 12.5. The minimum atomic E-state index is -0.282. The van der Waals surface area contributed by atoms with Gasteiger partial charge >= 0.3 is 0 Å². The Balaban J connectivity index is 1.54. The molecule has 0 bridgehead atoms. The van der Waals surface area contributed by atoms with Crippen molar-refractivity contribution in [3.05, 3.63) is 89.1 Å². The Morgan fingerprint density at radius 1 is 0.808 bits per heavy atom. The number of carbonyl (C=O) groups excluding carboxylic acids is 2. The molecule has 4 aromatic rings. The van der Waals surface area contributed by atoms with Gasteiger partial charge in [0.15, 0.2) is 5.78 Å². The zero-order valence-corrected chi connectivity index (χ0v) is 14.4. The molecule has 0 fully saturated rings. The Labute approximate surface area is 153 Å². The number of carbonyl (C=O) groups is 2. The number of nitrogens with zero attached hydrogens (tertiary/aromatic N) is 2. The molecule has 0 aliphatic rings. The quantitative estimate of drug-likeness (QED) is 0.555. The number of amides is 1. The predicted molar refractivity (Wildman–Crippen MR) is 102 cm³/mol. The first-order chi connectivity index (χ1) is 12.7. The van der Waals surface area contributed by atoms with Crippen LogP contribution in [0.4, 0.5) is 5.82 Å². The van der Waals surface area contributed by atoms with Gasteiger partial charge in [0.1, 0.15) is 17.0 Å². The van der Waals surface area contributed by atoms with Gasteiger partial charge in [-0.25, -0.2) is 9.97 Å². The lowest BCUT2D eigenvalue weighted by atomic mass is 10.0. The van der Waals surface area contributed by atoms with Crippen molar-refractivity contribution in [2.24, 2.45) is 0 Å². The molecule has 0 spiro atoms. The van der Waals surface area contributed by atoms with Gasteiger partial charge in [-0.2, -0.15) is 0 Å². The standard InChI is InChI=1S/C20H13N3O2S/c24-17(13-4-2-1-3-5-13)14-6-8-15(9-7-14)19(25)23-18-16-10-11-26-20(16)22-12-21-18/h1-12H,(H,21,22,23,25). The van der Waals surface area contributed by atoms with E-state index in [-0.39, 0.29) is 11.7 Å². The van der Waals surface area contributed by atoms with E-state index < -0.39 is 0 Å². The molecule has 2 aromatic carbocycles. The zero-order valence-electron chi connectivity index (χ0n) is 13.5. The smallest absolute Gasteiger partial charge is 0.256 e. The van der Waals surface area contributed by atoms with Gasteiger partial charge in [-0.15, -0.1) is 11.3 Å². The third-order valence-corrected chi connectivity index (χ3v) is 4.76. The summed E-state index contributed by atoms with van der Waals surface area (Å²) in [5, 5.41) is 5.51. The number of ketones is 1. The lowest BCUT2D eigenvalue weighted by molar-refractivity contribution is 0.102. The number of anilines is 1. The number of hydrogen-bond acceptors (Lipinski definition) is 5. The van der Waals surface area contributed by atoms with Crippen molar-refractivity contribution in [1.82, 2.24) is 9.97 Å². The second-order valence-corrected chi connectivity index (χ2v) is 6.48. The molecule has 0 aliphatic carbocycles. The number of nitrogens with one attached hydrogen (secondary N) is 1. The van der Waals surface area contributed by atoms with Crippen molar-refractivity contribution in [1.29, 1.82) is 0 Å². The van der Waals surface area contributed by atoms with E-state index in [0.717, 1.165) is 10.2 Å². The van der Waals surface area contributed by atoms with Crippen molar-refractivity contribution >= 4 is 39.1 Å². The maximum atomic E-state index is 12.5. The highest BCUT2D eigenvalue weighted by Gasteiger charge is 2.13. The summed E-state index contributed by atoms with van der Waals surface area (Å²) in [6.45, 7) is 0. The zero-order chi connectivity index (χ0) is 17.9. The van der Waals surface area contributed by atoms with E-state index in [1.54, 1.807) is 36.4 Å². The molecule has 126 valence electrons. The number of rotatable bonds is 4. The molecule has 26 heavy (non-hydrogen) atoms. The minimum absolute atomic E-state index is 0.0756. The van der Waals surface area contributed by atoms with Crippen molar-refractivity contribution < 1.29 is 9.59 Å². The van der Waals surface area contributed by atoms with E-state index >= 15 is 0 Å². The Hall–Kier alpha value is -3.38. The SMILES string of the molecule is O=C(Nc1ncnc2sccc12)c1ccc(C(=O)c2ccccc2)cc1. The molecule has 0 saturated heterocycles. The Bertz CT molecular complexity index is 1090. The molecular weight excluding hydrogens is 346 g/mol. The fourth-order valence-corrected chi connectivity index (χ4v) is 3.33. The van der Waals surface area contributed by atoms with Crippen molar-refractivity contribution in [2.45, 2.75) is 0 Å². The van der Waals surface area contributed by atoms with Gasteiger partial charge in [0, 0.05) is 16.7 Å². The normalized spacial score (nSPS) is 10.6. The van der Waals surface area contributed by atoms with E-state index in [9.17, 15) is 9.59 Å². The Morgan fingerprint density at radius 2 is 1.50 bits per heavy atom. The Kier molecular flexibility index (Phi) is 4.25. The van der Waals surface area contributed by atoms with E-state index in [4.69, 9.17) is 0 Å². The fraction of sp³-hybridized carbons (Fsp3) is 0. The number of fused-ring (bicyclic) bond motifs is 1. The Morgan fingerprint density at radius 3 is 2.27 bits per heavy atom. The lowest BCUT2D eigenvalue weighted by Crippen LogP contribution is -2.13. The molecule has 2 aromatic heterocycles. The summed E-state index contributed by atoms with van der Waals surface area (Å²) in [4.78, 5) is 34.0. The van der Waals surface area contributed by atoms with Crippen LogP contribution in [0.15, 0.2) is 72.4 Å². The first kappa shape index (κ1) is 16.1. The molecule has 0 radical (unpaired) electrons. The first-order valence-corrected chi connectivity index (χ1v) is 8.80. The van der Waals surface area contributed by atoms with Crippen LogP contribution >= 0.6 is 11.3 Å². The van der Waals surface area contributed by atoms with Crippen LogP contribution in [0.5, 0.6) is 0 Å². The summed E-state index contributed by atoms with van der Waals surface area (Å²) >= 11 is 1.49. The van der Waals surface area contributed by atoms with E-state index in [1.165, 1.54) is 17.7 Å². The molecule has 5 nitrogen and oxygen atoms in total. The van der Waals surface area contributed by atoms with E-state index in [0.29, 0.717) is 22.5 Å². The second-order valence-electron chi connectivity index (χ2n) is 5.59. The van der Waals surface area contributed by atoms with E-state index in [1.807, 2.05) is 29.6 Å². The fourth-order valence-electron chi connectivity index (χ4n) is 2.60. The largest absolute Gasteiger partial charge is 0.306 e. The number of thiophene rings is 1. The third-order valence-electron chi connectivity index (χ3n) is 3.94. The first-order valence-electron chi connectivity index (χ1n) is 7.92. The molecular formula is C20H13N3O2S. The molecule has 1 amide bonds. The average molecular weight is 359 g/mol. The van der Waals surface area contributed by atoms with Gasteiger partial charge in [-0.3, -0.25) is 9.59 Å². The second kappa shape index (κ2) is 6.85. The topological polar surface area (TPSA) is 72.0 Å². The van der Waals surface area contributed by atoms with Gasteiger partial charge < -0.3 is 5.32 Å². The summed E-state index contributed by atoms with van der Waals surface area (Å²) in [6, 6.07) is 17.5. The van der Waals surface area contributed by atoms with Gasteiger partial charge in [0.2, 0.25) is 0 Å². The van der Waals surface area contributed by atoms with Crippen LogP contribution < -0.4 is 5.32 Å². The third kappa shape index (κ3) is 3.10. The lowest BCUT2D eigenvalue weighted by Gasteiger charge is -2.06. The summed E-state index contributed by atoms with van der Waals surface area (Å²) in [7, 11) is 0. The van der Waals surface area contributed by atoms with Crippen LogP contribution in [0.2, 0.25) is 0 Å². The van der Waals surface area contributed by atoms with E-state index in [2.05, 4.69) is 15.3 Å². The van der Waals surface area contributed by atoms with Gasteiger partial charge in [-0.1, -0.05) is 42.5 Å². The molecule has 1 N–H and O–H groups in total. The van der Waals surface area contributed by atoms with Gasteiger partial charge in [0.05, 0.1) is 5.39 Å². The molecule has 4 rings (SSSR count). The number of hydrogen-bond donors (Lipinski definition) is 1.